The van der Waals surface area contributed by atoms with Crippen LogP contribution in [0.3, 0.4) is 0 Å². The zero-order valence-electron chi connectivity index (χ0n) is 12.8. The summed E-state index contributed by atoms with van der Waals surface area (Å²) >= 11 is 0. The second kappa shape index (κ2) is 6.73. The molecule has 0 unspecified atom stereocenters. The Morgan fingerprint density at radius 2 is 1.72 bits per heavy atom. The van der Waals surface area contributed by atoms with E-state index >= 15 is 0 Å². The molecule has 0 atom stereocenters. The molecule has 1 amide bonds. The zero-order valence-corrected chi connectivity index (χ0v) is 13.6. The molecule has 2 aromatic rings. The number of hydrogen-bond acceptors (Lipinski definition) is 4. The zero-order chi connectivity index (χ0) is 18.8. The van der Waals surface area contributed by atoms with Gasteiger partial charge in [0.2, 0.25) is 10.0 Å². The molecule has 0 aliphatic carbocycles. The van der Waals surface area contributed by atoms with Crippen molar-refractivity contribution < 1.29 is 31.1 Å². The van der Waals surface area contributed by atoms with E-state index in [9.17, 15) is 26.4 Å². The fourth-order valence-electron chi connectivity index (χ4n) is 1.99. The van der Waals surface area contributed by atoms with E-state index < -0.39 is 28.0 Å². The third kappa shape index (κ3) is 5.19. The smallest absolute Gasteiger partial charge is 0.406 e. The number of primary sulfonamides is 1. The highest BCUT2D eigenvalue weighted by molar-refractivity contribution is 7.89. The van der Waals surface area contributed by atoms with Gasteiger partial charge in [0, 0.05) is 11.3 Å². The molecule has 25 heavy (non-hydrogen) atoms. The minimum Gasteiger partial charge on any atom is -0.406 e. The van der Waals surface area contributed by atoms with E-state index in [1.807, 2.05) is 0 Å². The Bertz CT molecular complexity index is 894. The number of halogens is 3. The summed E-state index contributed by atoms with van der Waals surface area (Å²) in [7, 11) is -3.99. The number of anilines is 1. The van der Waals surface area contributed by atoms with Crippen molar-refractivity contribution in [3.05, 3.63) is 53.6 Å². The Kier molecular flexibility index (Phi) is 5.04. The van der Waals surface area contributed by atoms with Crippen LogP contribution in [0.5, 0.6) is 5.75 Å². The molecule has 134 valence electrons. The number of carbonyl (C=O) groups is 1. The molecule has 0 heterocycles. The van der Waals surface area contributed by atoms with Crippen molar-refractivity contribution in [1.29, 1.82) is 0 Å². The van der Waals surface area contributed by atoms with Crippen LogP contribution in [0.1, 0.15) is 15.9 Å². The van der Waals surface area contributed by atoms with Crippen molar-refractivity contribution in [3.63, 3.8) is 0 Å². The minimum absolute atomic E-state index is 0.0326. The summed E-state index contributed by atoms with van der Waals surface area (Å²) in [5, 5.41) is 7.52. The molecule has 10 heteroatoms. The summed E-state index contributed by atoms with van der Waals surface area (Å²) < 4.78 is 62.9. The predicted molar refractivity (Wildman–Crippen MR) is 83.6 cm³/mol. The number of sulfonamides is 1. The number of nitrogens with one attached hydrogen (secondary N) is 1. The molecule has 0 saturated heterocycles. The predicted octanol–water partition coefficient (Wildman–Crippen LogP) is 2.79. The second-order valence-electron chi connectivity index (χ2n) is 5.05. The average molecular weight is 374 g/mol. The van der Waals surface area contributed by atoms with Gasteiger partial charge in [-0.3, -0.25) is 4.79 Å². The lowest BCUT2D eigenvalue weighted by molar-refractivity contribution is -0.274. The molecule has 3 N–H and O–H groups in total. The van der Waals surface area contributed by atoms with E-state index in [-0.39, 0.29) is 16.1 Å². The molecule has 0 saturated carbocycles. The maximum Gasteiger partial charge on any atom is 0.573 e. The molecule has 0 fully saturated rings. The summed E-state index contributed by atoms with van der Waals surface area (Å²) in [5.41, 5.74) is 0.621. The summed E-state index contributed by atoms with van der Waals surface area (Å²) in [5.74, 6) is -1.08. The van der Waals surface area contributed by atoms with Crippen LogP contribution in [0.25, 0.3) is 0 Å². The van der Waals surface area contributed by atoms with E-state index in [1.165, 1.54) is 31.2 Å². The number of hydrogen-bond donors (Lipinski definition) is 2. The maximum atomic E-state index is 12.2. The van der Waals surface area contributed by atoms with Crippen LogP contribution >= 0.6 is 0 Å². The molecular weight excluding hydrogens is 361 g/mol. The third-order valence-electron chi connectivity index (χ3n) is 3.10. The molecule has 2 rings (SSSR count). The largest absolute Gasteiger partial charge is 0.573 e. The monoisotopic (exact) mass is 374 g/mol. The van der Waals surface area contributed by atoms with Crippen LogP contribution in [0, 0.1) is 6.92 Å². The number of aryl methyl sites for hydroxylation is 1. The van der Waals surface area contributed by atoms with Gasteiger partial charge in [-0.15, -0.1) is 13.2 Å². The van der Waals surface area contributed by atoms with E-state index in [0.717, 1.165) is 18.2 Å². The minimum atomic E-state index is -4.81. The van der Waals surface area contributed by atoms with Gasteiger partial charge in [-0.25, -0.2) is 13.6 Å². The first-order valence-corrected chi connectivity index (χ1v) is 8.31. The Balaban J connectivity index is 2.17. The number of nitrogens with two attached hydrogens (primary N) is 1. The fraction of sp³-hybridized carbons (Fsp3) is 0.133. The summed E-state index contributed by atoms with van der Waals surface area (Å²) in [6, 6.07) is 8.46. The van der Waals surface area contributed by atoms with Gasteiger partial charge in [0.15, 0.2) is 0 Å². The van der Waals surface area contributed by atoms with Crippen LogP contribution in [0.4, 0.5) is 18.9 Å². The van der Waals surface area contributed by atoms with Crippen LogP contribution in [-0.4, -0.2) is 20.7 Å². The Labute approximate surface area is 141 Å². The Morgan fingerprint density at radius 1 is 1.12 bits per heavy atom. The van der Waals surface area contributed by atoms with Gasteiger partial charge in [-0.05, 0) is 48.9 Å². The molecule has 0 aliphatic heterocycles. The van der Waals surface area contributed by atoms with Gasteiger partial charge in [0.1, 0.15) is 5.75 Å². The van der Waals surface area contributed by atoms with E-state index in [4.69, 9.17) is 5.14 Å². The van der Waals surface area contributed by atoms with Crippen LogP contribution in [0.15, 0.2) is 47.4 Å². The highest BCUT2D eigenvalue weighted by Crippen LogP contribution is 2.24. The number of amides is 1. The topological polar surface area (TPSA) is 98.5 Å². The van der Waals surface area contributed by atoms with Crippen LogP contribution in [-0.2, 0) is 10.0 Å². The van der Waals surface area contributed by atoms with E-state index in [2.05, 4.69) is 10.1 Å². The van der Waals surface area contributed by atoms with Gasteiger partial charge >= 0.3 is 6.36 Å². The number of rotatable bonds is 4. The standard InChI is InChI=1S/C15H13F3N2O4S/c1-9-2-3-10(8-13(9)25(19,22)23)14(21)20-11-4-6-12(7-5-11)24-15(16,17)18/h2-8H,1H3,(H,20,21)(H2,19,22,23). The Morgan fingerprint density at radius 3 is 2.24 bits per heavy atom. The number of ether oxygens (including phenoxy) is 1. The first-order valence-electron chi connectivity index (χ1n) is 6.76. The van der Waals surface area contributed by atoms with Gasteiger partial charge in [0.25, 0.3) is 5.91 Å². The van der Waals surface area contributed by atoms with Gasteiger partial charge in [0.05, 0.1) is 4.90 Å². The number of alkyl halides is 3. The van der Waals surface area contributed by atoms with Crippen molar-refractivity contribution in [2.24, 2.45) is 5.14 Å². The molecule has 6 nitrogen and oxygen atoms in total. The third-order valence-corrected chi connectivity index (χ3v) is 4.16. The van der Waals surface area contributed by atoms with Crippen molar-refractivity contribution >= 4 is 21.6 Å². The lowest BCUT2D eigenvalue weighted by Gasteiger charge is -2.10. The lowest BCUT2D eigenvalue weighted by Crippen LogP contribution is -2.17. The molecule has 2 aromatic carbocycles. The molecular formula is C15H13F3N2O4S. The molecule has 0 spiro atoms. The normalized spacial score (nSPS) is 11.9. The van der Waals surface area contributed by atoms with Crippen LogP contribution < -0.4 is 15.2 Å². The molecule has 0 aliphatic rings. The highest BCUT2D eigenvalue weighted by atomic mass is 32.2. The molecule has 0 radical (unpaired) electrons. The SMILES string of the molecule is Cc1ccc(C(=O)Nc2ccc(OC(F)(F)F)cc2)cc1S(N)(=O)=O. The van der Waals surface area contributed by atoms with Gasteiger partial charge < -0.3 is 10.1 Å². The quantitative estimate of drug-likeness (QED) is 0.860. The lowest BCUT2D eigenvalue weighted by atomic mass is 10.1. The first-order chi connectivity index (χ1) is 11.5. The Hall–Kier alpha value is -2.59. The molecule has 0 aromatic heterocycles. The van der Waals surface area contributed by atoms with E-state index in [1.54, 1.807) is 0 Å². The van der Waals surface area contributed by atoms with Crippen LogP contribution in [0.2, 0.25) is 0 Å². The summed E-state index contributed by atoms with van der Waals surface area (Å²) in [6.07, 6.45) is -4.81. The fourth-order valence-corrected chi connectivity index (χ4v) is 2.80. The number of carbonyl (C=O) groups excluding carboxylic acids is 1. The van der Waals surface area contributed by atoms with Gasteiger partial charge in [-0.2, -0.15) is 0 Å². The van der Waals surface area contributed by atoms with Crippen molar-refractivity contribution in [2.45, 2.75) is 18.2 Å². The second-order valence-corrected chi connectivity index (χ2v) is 6.58. The van der Waals surface area contributed by atoms with Gasteiger partial charge in [-0.1, -0.05) is 6.07 Å². The maximum absolute atomic E-state index is 12.2. The molecule has 0 bridgehead atoms. The first kappa shape index (κ1) is 18.7. The number of benzene rings is 2. The van der Waals surface area contributed by atoms with Crippen molar-refractivity contribution in [1.82, 2.24) is 0 Å². The summed E-state index contributed by atoms with van der Waals surface area (Å²) in [4.78, 5) is 12.0. The highest BCUT2D eigenvalue weighted by Gasteiger charge is 2.31. The summed E-state index contributed by atoms with van der Waals surface area (Å²) in [6.45, 7) is 1.53. The van der Waals surface area contributed by atoms with Crippen molar-refractivity contribution in [3.8, 4) is 5.75 Å². The average Bonchev–Trinajstić information content (AvgIpc) is 2.47. The van der Waals surface area contributed by atoms with Crippen molar-refractivity contribution in [2.75, 3.05) is 5.32 Å². The van der Waals surface area contributed by atoms with E-state index in [0.29, 0.717) is 5.56 Å².